The number of aromatic nitrogens is 3. The third kappa shape index (κ3) is 3.72. The van der Waals surface area contributed by atoms with Crippen LogP contribution in [0, 0.1) is 12.8 Å². The molecule has 0 saturated carbocycles. The summed E-state index contributed by atoms with van der Waals surface area (Å²) in [5, 5.41) is 10.9. The van der Waals surface area contributed by atoms with Crippen molar-refractivity contribution in [3.05, 3.63) is 24.2 Å². The summed E-state index contributed by atoms with van der Waals surface area (Å²) in [6, 6.07) is 1.90. The average Bonchev–Trinajstić information content (AvgIpc) is 3.16. The van der Waals surface area contributed by atoms with Crippen LogP contribution in [0.15, 0.2) is 18.6 Å². The van der Waals surface area contributed by atoms with Crippen LogP contribution in [0.5, 0.6) is 0 Å². The molecule has 0 spiro atoms. The van der Waals surface area contributed by atoms with E-state index in [1.807, 2.05) is 40.0 Å². The van der Waals surface area contributed by atoms with Crippen LogP contribution >= 0.6 is 0 Å². The van der Waals surface area contributed by atoms with E-state index in [1.54, 1.807) is 15.6 Å². The number of amides is 2. The van der Waals surface area contributed by atoms with Gasteiger partial charge in [-0.15, -0.1) is 10.2 Å². The van der Waals surface area contributed by atoms with Crippen molar-refractivity contribution in [1.82, 2.24) is 19.5 Å². The number of nitrogens with zero attached hydrogens (tertiary/aromatic N) is 4. The normalized spacial score (nSPS) is 17.8. The first kappa shape index (κ1) is 17.2. The van der Waals surface area contributed by atoms with Crippen LogP contribution in [0.25, 0.3) is 5.65 Å². The van der Waals surface area contributed by atoms with E-state index < -0.39 is 5.60 Å². The van der Waals surface area contributed by atoms with E-state index in [4.69, 9.17) is 4.74 Å². The second-order valence-corrected chi connectivity index (χ2v) is 7.34. The molecule has 3 heterocycles. The van der Waals surface area contributed by atoms with E-state index in [0.717, 1.165) is 5.56 Å². The van der Waals surface area contributed by atoms with Gasteiger partial charge in [0.05, 0.1) is 11.6 Å². The number of fused-ring (bicyclic) bond motifs is 1. The Labute approximate surface area is 146 Å². The number of carbonyl (C=O) groups excluding carboxylic acids is 2. The summed E-state index contributed by atoms with van der Waals surface area (Å²) < 4.78 is 7.12. The van der Waals surface area contributed by atoms with Gasteiger partial charge >= 0.3 is 6.09 Å². The highest BCUT2D eigenvalue weighted by atomic mass is 16.6. The number of hydrogen-bond acceptors (Lipinski definition) is 5. The third-order valence-corrected chi connectivity index (χ3v) is 4.14. The summed E-state index contributed by atoms with van der Waals surface area (Å²) >= 11 is 0. The first-order valence-corrected chi connectivity index (χ1v) is 8.32. The SMILES string of the molecule is Cc1ccn2cnnc2c1NC(=O)C1CCN(C(=O)OC(C)(C)C)C1. The van der Waals surface area contributed by atoms with Crippen molar-refractivity contribution in [2.45, 2.75) is 39.7 Å². The molecule has 0 bridgehead atoms. The van der Waals surface area contributed by atoms with Gasteiger partial charge in [-0.2, -0.15) is 0 Å². The molecule has 1 aliphatic rings. The van der Waals surface area contributed by atoms with Gasteiger partial charge in [-0.25, -0.2) is 4.79 Å². The minimum absolute atomic E-state index is 0.120. The van der Waals surface area contributed by atoms with Gasteiger partial charge in [0.1, 0.15) is 11.9 Å². The van der Waals surface area contributed by atoms with Gasteiger partial charge in [0.25, 0.3) is 0 Å². The molecule has 1 unspecified atom stereocenters. The second kappa shape index (κ2) is 6.34. The van der Waals surface area contributed by atoms with Gasteiger partial charge in [-0.1, -0.05) is 0 Å². The largest absolute Gasteiger partial charge is 0.444 e. The predicted octanol–water partition coefficient (Wildman–Crippen LogP) is 2.23. The number of anilines is 1. The molecule has 3 rings (SSSR count). The zero-order chi connectivity index (χ0) is 18.2. The number of likely N-dealkylation sites (tertiary alicyclic amines) is 1. The van der Waals surface area contributed by atoms with Gasteiger partial charge < -0.3 is 15.0 Å². The lowest BCUT2D eigenvalue weighted by Crippen LogP contribution is -2.36. The quantitative estimate of drug-likeness (QED) is 0.901. The van der Waals surface area contributed by atoms with Crippen molar-refractivity contribution in [3.8, 4) is 0 Å². The Kier molecular flexibility index (Phi) is 4.36. The number of hydrogen-bond donors (Lipinski definition) is 1. The summed E-state index contributed by atoms with van der Waals surface area (Å²) in [5.41, 5.74) is 1.63. The highest BCUT2D eigenvalue weighted by Gasteiger charge is 2.33. The Bertz CT molecular complexity index is 808. The molecule has 0 aromatic carbocycles. The molecule has 1 atom stereocenters. The number of pyridine rings is 1. The maximum Gasteiger partial charge on any atom is 0.410 e. The van der Waals surface area contributed by atoms with Crippen molar-refractivity contribution < 1.29 is 14.3 Å². The molecule has 1 saturated heterocycles. The maximum atomic E-state index is 12.6. The van der Waals surface area contributed by atoms with E-state index in [0.29, 0.717) is 30.8 Å². The van der Waals surface area contributed by atoms with Crippen LogP contribution in [0.1, 0.15) is 32.8 Å². The van der Waals surface area contributed by atoms with Crippen LogP contribution in [0.2, 0.25) is 0 Å². The van der Waals surface area contributed by atoms with Gasteiger partial charge in [-0.3, -0.25) is 9.20 Å². The zero-order valence-corrected chi connectivity index (χ0v) is 14.9. The lowest BCUT2D eigenvalue weighted by molar-refractivity contribution is -0.119. The van der Waals surface area contributed by atoms with Gasteiger partial charge in [0.2, 0.25) is 5.91 Å². The molecule has 2 amide bonds. The topological polar surface area (TPSA) is 88.8 Å². The molecule has 0 aliphatic carbocycles. The molecule has 0 radical (unpaired) electrons. The highest BCUT2D eigenvalue weighted by molar-refractivity contribution is 5.97. The molecule has 2 aromatic rings. The minimum Gasteiger partial charge on any atom is -0.444 e. The van der Waals surface area contributed by atoms with Crippen LogP contribution in [-0.2, 0) is 9.53 Å². The Morgan fingerprint density at radius 2 is 2.12 bits per heavy atom. The monoisotopic (exact) mass is 345 g/mol. The molecule has 1 fully saturated rings. The molecule has 25 heavy (non-hydrogen) atoms. The van der Waals surface area contributed by atoms with E-state index in [9.17, 15) is 9.59 Å². The Morgan fingerprint density at radius 1 is 1.36 bits per heavy atom. The standard InChI is InChI=1S/C17H23N5O3/c1-11-5-7-22-10-18-20-14(22)13(11)19-15(23)12-6-8-21(9-12)16(24)25-17(2,3)4/h5,7,10,12H,6,8-9H2,1-4H3,(H,19,23). The predicted molar refractivity (Wildman–Crippen MR) is 92.3 cm³/mol. The van der Waals surface area contributed by atoms with Crippen molar-refractivity contribution in [3.63, 3.8) is 0 Å². The summed E-state index contributed by atoms with van der Waals surface area (Å²) in [4.78, 5) is 26.4. The van der Waals surface area contributed by atoms with Crippen molar-refractivity contribution in [1.29, 1.82) is 0 Å². The number of nitrogens with one attached hydrogen (secondary N) is 1. The summed E-state index contributed by atoms with van der Waals surface area (Å²) in [5.74, 6) is -0.389. The smallest absolute Gasteiger partial charge is 0.410 e. The Hall–Kier alpha value is -2.64. The van der Waals surface area contributed by atoms with Crippen molar-refractivity contribution in [2.75, 3.05) is 18.4 Å². The van der Waals surface area contributed by atoms with Crippen LogP contribution in [-0.4, -0.2) is 50.2 Å². The van der Waals surface area contributed by atoms with Crippen molar-refractivity contribution >= 4 is 23.3 Å². The summed E-state index contributed by atoms with van der Waals surface area (Å²) in [6.45, 7) is 8.26. The lowest BCUT2D eigenvalue weighted by Gasteiger charge is -2.24. The maximum absolute atomic E-state index is 12.6. The van der Waals surface area contributed by atoms with Gasteiger partial charge in [-0.05, 0) is 45.7 Å². The summed E-state index contributed by atoms with van der Waals surface area (Å²) in [7, 11) is 0. The molecule has 2 aromatic heterocycles. The zero-order valence-electron chi connectivity index (χ0n) is 14.9. The average molecular weight is 345 g/mol. The molecule has 8 heteroatoms. The molecule has 1 aliphatic heterocycles. The third-order valence-electron chi connectivity index (χ3n) is 4.14. The molecular formula is C17H23N5O3. The first-order chi connectivity index (χ1) is 11.7. The lowest BCUT2D eigenvalue weighted by atomic mass is 10.1. The van der Waals surface area contributed by atoms with Crippen molar-refractivity contribution in [2.24, 2.45) is 5.92 Å². The number of ether oxygens (including phenoxy) is 1. The number of rotatable bonds is 2. The highest BCUT2D eigenvalue weighted by Crippen LogP contribution is 2.24. The second-order valence-electron chi connectivity index (χ2n) is 7.34. The molecule has 134 valence electrons. The van der Waals surface area contributed by atoms with E-state index in [1.165, 1.54) is 0 Å². The number of carbonyl (C=O) groups is 2. The van der Waals surface area contributed by atoms with Crippen LogP contribution in [0.4, 0.5) is 10.5 Å². The fraction of sp³-hybridized carbons (Fsp3) is 0.529. The van der Waals surface area contributed by atoms with Crippen LogP contribution in [0.3, 0.4) is 0 Å². The van der Waals surface area contributed by atoms with Crippen LogP contribution < -0.4 is 5.32 Å². The molecule has 8 nitrogen and oxygen atoms in total. The summed E-state index contributed by atoms with van der Waals surface area (Å²) in [6.07, 6.45) is 3.67. The molecule has 1 N–H and O–H groups in total. The van der Waals surface area contributed by atoms with E-state index >= 15 is 0 Å². The number of aryl methyl sites for hydroxylation is 1. The van der Waals surface area contributed by atoms with E-state index in [2.05, 4.69) is 15.5 Å². The minimum atomic E-state index is -0.544. The van der Waals surface area contributed by atoms with Gasteiger partial charge in [0.15, 0.2) is 5.65 Å². The Morgan fingerprint density at radius 3 is 2.84 bits per heavy atom. The van der Waals surface area contributed by atoms with E-state index in [-0.39, 0.29) is 17.9 Å². The Balaban J connectivity index is 1.67. The fourth-order valence-electron chi connectivity index (χ4n) is 2.83. The molecular weight excluding hydrogens is 322 g/mol. The fourth-order valence-corrected chi connectivity index (χ4v) is 2.83. The first-order valence-electron chi connectivity index (χ1n) is 8.32. The van der Waals surface area contributed by atoms with Gasteiger partial charge in [0, 0.05) is 19.3 Å².